The average Bonchev–Trinajstić information content (AvgIpc) is 2.62. The smallest absolute Gasteiger partial charge is 0.203 e. The number of hydrogen-bond acceptors (Lipinski definition) is 3. The molecule has 0 heterocycles. The molecule has 0 radical (unpaired) electrons. The number of unbranched alkanes of at least 4 members (excludes halogenated alkanes) is 10. The standard InChI is InChI=1S/C22H38O3/c1-3-5-6-7-8-9-10-11-12-13-14-19-24-21-17-15-16-20(23)22(21)25-18-4-2/h15-17,23H,3-14,18-19H2,1-2H3. The van der Waals surface area contributed by atoms with Gasteiger partial charge in [-0.1, -0.05) is 84.1 Å². The minimum Gasteiger partial charge on any atom is -0.504 e. The number of para-hydroxylation sites is 1. The molecule has 0 aromatic heterocycles. The molecular formula is C22H38O3. The van der Waals surface area contributed by atoms with Crippen molar-refractivity contribution >= 4 is 0 Å². The molecule has 1 rings (SSSR count). The predicted octanol–water partition coefficient (Wildman–Crippen LogP) is 6.87. The van der Waals surface area contributed by atoms with Crippen molar-refractivity contribution in [3.63, 3.8) is 0 Å². The molecule has 0 bridgehead atoms. The Balaban J connectivity index is 2.05. The number of aromatic hydroxyl groups is 1. The lowest BCUT2D eigenvalue weighted by atomic mass is 10.1. The molecule has 0 aliphatic heterocycles. The van der Waals surface area contributed by atoms with Crippen molar-refractivity contribution < 1.29 is 14.6 Å². The molecule has 3 heteroatoms. The summed E-state index contributed by atoms with van der Waals surface area (Å²) in [5.41, 5.74) is 0. The summed E-state index contributed by atoms with van der Waals surface area (Å²) in [4.78, 5) is 0. The van der Waals surface area contributed by atoms with Gasteiger partial charge in [0.05, 0.1) is 13.2 Å². The van der Waals surface area contributed by atoms with E-state index in [0.717, 1.165) is 12.8 Å². The van der Waals surface area contributed by atoms with Crippen LogP contribution in [0, 0.1) is 0 Å². The monoisotopic (exact) mass is 350 g/mol. The highest BCUT2D eigenvalue weighted by molar-refractivity contribution is 5.50. The Morgan fingerprint density at radius 3 is 1.88 bits per heavy atom. The Labute approximate surface area is 154 Å². The van der Waals surface area contributed by atoms with Crippen molar-refractivity contribution in [3.8, 4) is 17.2 Å². The van der Waals surface area contributed by atoms with Crippen molar-refractivity contribution in [3.05, 3.63) is 18.2 Å². The van der Waals surface area contributed by atoms with Crippen molar-refractivity contribution in [2.45, 2.75) is 90.9 Å². The first kappa shape index (κ1) is 21.7. The van der Waals surface area contributed by atoms with Crippen LogP contribution in [0.15, 0.2) is 18.2 Å². The molecule has 1 N–H and O–H groups in total. The number of ether oxygens (including phenoxy) is 2. The molecule has 0 atom stereocenters. The molecule has 144 valence electrons. The van der Waals surface area contributed by atoms with Crippen molar-refractivity contribution in [1.29, 1.82) is 0 Å². The summed E-state index contributed by atoms with van der Waals surface area (Å²) in [6.45, 7) is 5.59. The van der Waals surface area contributed by atoms with Gasteiger partial charge in [0.25, 0.3) is 0 Å². The van der Waals surface area contributed by atoms with Crippen LogP contribution in [0.25, 0.3) is 0 Å². The first-order valence-electron chi connectivity index (χ1n) is 10.4. The first-order valence-corrected chi connectivity index (χ1v) is 10.4. The van der Waals surface area contributed by atoms with Gasteiger partial charge in [0, 0.05) is 0 Å². The summed E-state index contributed by atoms with van der Waals surface area (Å²) in [5, 5.41) is 9.90. The Morgan fingerprint density at radius 2 is 1.28 bits per heavy atom. The molecular weight excluding hydrogens is 312 g/mol. The lowest BCUT2D eigenvalue weighted by Gasteiger charge is -2.13. The van der Waals surface area contributed by atoms with Gasteiger partial charge in [-0.25, -0.2) is 0 Å². The van der Waals surface area contributed by atoms with Crippen LogP contribution in [0.4, 0.5) is 0 Å². The molecule has 1 aromatic rings. The van der Waals surface area contributed by atoms with Crippen LogP contribution in [0.1, 0.15) is 90.9 Å². The minimum atomic E-state index is 0.157. The SMILES string of the molecule is CCCCCCCCCCCCCOc1cccc(O)c1OCCC. The summed E-state index contributed by atoms with van der Waals surface area (Å²) in [5.74, 6) is 1.29. The van der Waals surface area contributed by atoms with Crippen LogP contribution in [0.5, 0.6) is 17.2 Å². The van der Waals surface area contributed by atoms with Gasteiger partial charge in [-0.05, 0) is 25.0 Å². The maximum absolute atomic E-state index is 9.90. The Kier molecular flexibility index (Phi) is 12.9. The Morgan fingerprint density at radius 1 is 0.680 bits per heavy atom. The van der Waals surface area contributed by atoms with Crippen LogP contribution in [0.3, 0.4) is 0 Å². The molecule has 0 spiro atoms. The average molecular weight is 351 g/mol. The lowest BCUT2D eigenvalue weighted by molar-refractivity contribution is 0.253. The fourth-order valence-electron chi connectivity index (χ4n) is 2.92. The van der Waals surface area contributed by atoms with Gasteiger partial charge < -0.3 is 14.6 Å². The molecule has 0 amide bonds. The highest BCUT2D eigenvalue weighted by Gasteiger charge is 2.10. The summed E-state index contributed by atoms with van der Waals surface area (Å²) in [7, 11) is 0. The third kappa shape index (κ3) is 10.3. The maximum Gasteiger partial charge on any atom is 0.203 e. The molecule has 25 heavy (non-hydrogen) atoms. The van der Waals surface area contributed by atoms with Gasteiger partial charge in [-0.15, -0.1) is 0 Å². The number of hydrogen-bond donors (Lipinski definition) is 1. The first-order chi connectivity index (χ1) is 12.3. The van der Waals surface area contributed by atoms with Gasteiger partial charge in [0.2, 0.25) is 5.75 Å². The molecule has 3 nitrogen and oxygen atoms in total. The van der Waals surface area contributed by atoms with E-state index in [4.69, 9.17) is 9.47 Å². The zero-order valence-corrected chi connectivity index (χ0v) is 16.4. The fraction of sp³-hybridized carbons (Fsp3) is 0.727. The van der Waals surface area contributed by atoms with Gasteiger partial charge in [-0.3, -0.25) is 0 Å². The molecule has 0 saturated heterocycles. The van der Waals surface area contributed by atoms with Gasteiger partial charge >= 0.3 is 0 Å². The predicted molar refractivity (Wildman–Crippen MR) is 106 cm³/mol. The summed E-state index contributed by atoms with van der Waals surface area (Å²) in [6.07, 6.45) is 15.5. The number of phenols is 1. The molecule has 1 aromatic carbocycles. The van der Waals surface area contributed by atoms with E-state index in [2.05, 4.69) is 6.92 Å². The van der Waals surface area contributed by atoms with Crippen molar-refractivity contribution in [2.75, 3.05) is 13.2 Å². The second-order valence-corrected chi connectivity index (χ2v) is 6.84. The molecule has 0 unspecified atom stereocenters. The van der Waals surface area contributed by atoms with E-state index >= 15 is 0 Å². The lowest BCUT2D eigenvalue weighted by Crippen LogP contribution is -2.02. The van der Waals surface area contributed by atoms with E-state index in [1.165, 1.54) is 64.2 Å². The Hall–Kier alpha value is -1.38. The van der Waals surface area contributed by atoms with Gasteiger partial charge in [0.1, 0.15) is 0 Å². The topological polar surface area (TPSA) is 38.7 Å². The van der Waals surface area contributed by atoms with Gasteiger partial charge in [0.15, 0.2) is 11.5 Å². The van der Waals surface area contributed by atoms with E-state index < -0.39 is 0 Å². The zero-order chi connectivity index (χ0) is 18.2. The number of phenolic OH excluding ortho intramolecular Hbond substituents is 1. The third-order valence-electron chi connectivity index (χ3n) is 4.41. The quantitative estimate of drug-likeness (QED) is 0.331. The molecule has 0 aliphatic carbocycles. The van der Waals surface area contributed by atoms with Crippen molar-refractivity contribution in [2.24, 2.45) is 0 Å². The van der Waals surface area contributed by atoms with Crippen LogP contribution in [0.2, 0.25) is 0 Å². The second-order valence-electron chi connectivity index (χ2n) is 6.84. The zero-order valence-electron chi connectivity index (χ0n) is 16.4. The number of benzene rings is 1. The second kappa shape index (κ2) is 14.9. The number of rotatable bonds is 16. The molecule has 0 fully saturated rings. The van der Waals surface area contributed by atoms with Crippen LogP contribution in [-0.2, 0) is 0 Å². The van der Waals surface area contributed by atoms with E-state index in [1.807, 2.05) is 13.0 Å². The summed E-state index contributed by atoms with van der Waals surface area (Å²) >= 11 is 0. The van der Waals surface area contributed by atoms with Crippen molar-refractivity contribution in [1.82, 2.24) is 0 Å². The highest BCUT2D eigenvalue weighted by Crippen LogP contribution is 2.36. The van der Waals surface area contributed by atoms with E-state index in [0.29, 0.717) is 24.7 Å². The summed E-state index contributed by atoms with van der Waals surface area (Å²) < 4.78 is 11.4. The normalized spacial score (nSPS) is 10.8. The van der Waals surface area contributed by atoms with E-state index in [1.54, 1.807) is 12.1 Å². The van der Waals surface area contributed by atoms with Crippen LogP contribution >= 0.6 is 0 Å². The maximum atomic E-state index is 9.90. The largest absolute Gasteiger partial charge is 0.504 e. The van der Waals surface area contributed by atoms with Gasteiger partial charge in [-0.2, -0.15) is 0 Å². The van der Waals surface area contributed by atoms with Crippen LogP contribution in [-0.4, -0.2) is 18.3 Å². The molecule has 0 aliphatic rings. The molecule has 0 saturated carbocycles. The Bertz CT molecular complexity index is 431. The highest BCUT2D eigenvalue weighted by atomic mass is 16.5. The fourth-order valence-corrected chi connectivity index (χ4v) is 2.92. The third-order valence-corrected chi connectivity index (χ3v) is 4.41. The minimum absolute atomic E-state index is 0.157. The van der Waals surface area contributed by atoms with Crippen LogP contribution < -0.4 is 9.47 Å². The van der Waals surface area contributed by atoms with E-state index in [9.17, 15) is 5.11 Å². The van der Waals surface area contributed by atoms with E-state index in [-0.39, 0.29) is 5.75 Å². The summed E-state index contributed by atoms with van der Waals surface area (Å²) in [6, 6.07) is 5.30.